The third-order valence-electron chi connectivity index (χ3n) is 4.87. The largest absolute Gasteiger partial charge is 0.480 e. The molecule has 0 heterocycles. The van der Waals surface area contributed by atoms with E-state index in [4.69, 9.17) is 9.47 Å². The number of rotatable bonds is 5. The van der Waals surface area contributed by atoms with E-state index in [0.717, 1.165) is 27.2 Å². The van der Waals surface area contributed by atoms with Crippen LogP contribution in [0.1, 0.15) is 44.4 Å². The first kappa shape index (κ1) is 21.4. The Morgan fingerprint density at radius 3 is 1.93 bits per heavy atom. The van der Waals surface area contributed by atoms with Crippen LogP contribution in [0.4, 0.5) is 4.79 Å². The number of fused-ring (bicyclic) bond motifs is 3. The minimum atomic E-state index is -1.46. The fraction of sp³-hybridized carbons (Fsp3) is 0.348. The van der Waals surface area contributed by atoms with Crippen LogP contribution in [0.5, 0.6) is 0 Å². The lowest BCUT2D eigenvalue weighted by Gasteiger charge is -2.34. The maximum absolute atomic E-state index is 12.8. The number of nitrogens with zero attached hydrogens (tertiary/aromatic N) is 1. The van der Waals surface area contributed by atoms with Gasteiger partial charge in [0.15, 0.2) is 0 Å². The minimum Gasteiger partial charge on any atom is -0.480 e. The molecule has 30 heavy (non-hydrogen) atoms. The predicted molar refractivity (Wildman–Crippen MR) is 110 cm³/mol. The maximum atomic E-state index is 12.8. The number of ether oxygens (including phenoxy) is 2. The third-order valence-corrected chi connectivity index (χ3v) is 4.87. The summed E-state index contributed by atoms with van der Waals surface area (Å²) >= 11 is 0. The fourth-order valence-corrected chi connectivity index (χ4v) is 3.79. The Bertz CT molecular complexity index is 932. The van der Waals surface area contributed by atoms with Crippen molar-refractivity contribution in [2.75, 3.05) is 7.11 Å². The van der Waals surface area contributed by atoms with Crippen molar-refractivity contribution in [1.29, 1.82) is 0 Å². The smallest absolute Gasteiger partial charge is 0.411 e. The molecule has 0 saturated carbocycles. The number of aliphatic carboxylic acids is 1. The molecule has 1 aliphatic carbocycles. The summed E-state index contributed by atoms with van der Waals surface area (Å²) in [6.07, 6.45) is -1.33. The first-order valence-electron chi connectivity index (χ1n) is 9.63. The summed E-state index contributed by atoms with van der Waals surface area (Å²) in [7, 11) is 1.19. The molecule has 0 aliphatic heterocycles. The molecule has 1 amide bonds. The highest BCUT2D eigenvalue weighted by molar-refractivity contribution is 5.88. The van der Waals surface area contributed by atoms with E-state index in [1.807, 2.05) is 48.5 Å². The predicted octanol–water partition coefficient (Wildman–Crippen LogP) is 4.01. The normalized spacial score (nSPS) is 13.7. The molecule has 0 saturated heterocycles. The Kier molecular flexibility index (Phi) is 5.82. The minimum absolute atomic E-state index is 0.497. The summed E-state index contributed by atoms with van der Waals surface area (Å²) in [5, 5.41) is 9.93. The zero-order valence-corrected chi connectivity index (χ0v) is 17.4. The molecule has 1 N–H and O–H groups in total. The van der Waals surface area contributed by atoms with Crippen LogP contribution in [-0.2, 0) is 19.1 Å². The first-order valence-corrected chi connectivity index (χ1v) is 9.63. The average Bonchev–Trinajstić information content (AvgIpc) is 3.00. The quantitative estimate of drug-likeness (QED) is 0.748. The van der Waals surface area contributed by atoms with Crippen LogP contribution in [0.2, 0.25) is 0 Å². The number of hydrogen-bond acceptors (Lipinski definition) is 5. The molecule has 1 atom stereocenters. The molecule has 7 nitrogen and oxygen atoms in total. The number of carboxylic acid groups (broad SMARTS) is 1. The van der Waals surface area contributed by atoms with Crippen molar-refractivity contribution in [2.45, 2.75) is 44.9 Å². The van der Waals surface area contributed by atoms with Crippen molar-refractivity contribution in [3.8, 4) is 11.1 Å². The highest BCUT2D eigenvalue weighted by atomic mass is 16.6. The zero-order valence-electron chi connectivity index (χ0n) is 17.4. The lowest BCUT2D eigenvalue weighted by Crippen LogP contribution is -2.48. The average molecular weight is 411 g/mol. The van der Waals surface area contributed by atoms with Crippen molar-refractivity contribution in [3.63, 3.8) is 0 Å². The van der Waals surface area contributed by atoms with Crippen molar-refractivity contribution in [3.05, 3.63) is 59.7 Å². The van der Waals surface area contributed by atoms with Crippen molar-refractivity contribution < 1.29 is 29.0 Å². The molecule has 3 rings (SSSR count). The van der Waals surface area contributed by atoms with E-state index in [1.54, 1.807) is 20.8 Å². The second-order valence-corrected chi connectivity index (χ2v) is 8.10. The second-order valence-electron chi connectivity index (χ2n) is 8.10. The van der Waals surface area contributed by atoms with E-state index in [-0.39, 0.29) is 0 Å². The summed E-state index contributed by atoms with van der Waals surface area (Å²) in [6.45, 7) is 5.09. The number of carbonyl (C=O) groups is 3. The van der Waals surface area contributed by atoms with E-state index in [0.29, 0.717) is 0 Å². The van der Waals surface area contributed by atoms with Gasteiger partial charge in [-0.3, -0.25) is 9.69 Å². The zero-order chi connectivity index (χ0) is 22.1. The molecule has 0 bridgehead atoms. The van der Waals surface area contributed by atoms with Gasteiger partial charge in [0.1, 0.15) is 11.6 Å². The molecule has 0 aromatic heterocycles. The van der Waals surface area contributed by atoms with Crippen molar-refractivity contribution in [1.82, 2.24) is 4.90 Å². The molecule has 158 valence electrons. The van der Waals surface area contributed by atoms with Gasteiger partial charge in [-0.05, 0) is 43.0 Å². The Balaban J connectivity index is 2.08. The molecular formula is C23H25NO6. The molecule has 0 radical (unpaired) electrons. The summed E-state index contributed by atoms with van der Waals surface area (Å²) in [6, 6.07) is 12.8. The van der Waals surface area contributed by atoms with Crippen LogP contribution in [-0.4, -0.2) is 46.8 Å². The van der Waals surface area contributed by atoms with Crippen molar-refractivity contribution >= 4 is 18.0 Å². The Morgan fingerprint density at radius 1 is 1.00 bits per heavy atom. The summed E-state index contributed by atoms with van der Waals surface area (Å²) in [5.41, 5.74) is 2.60. The number of carboxylic acids is 1. The van der Waals surface area contributed by atoms with E-state index in [2.05, 4.69) is 0 Å². The Hall–Kier alpha value is -3.35. The number of esters is 1. The van der Waals surface area contributed by atoms with Crippen LogP contribution >= 0.6 is 0 Å². The summed E-state index contributed by atoms with van der Waals surface area (Å²) in [5.74, 6) is -2.02. The van der Waals surface area contributed by atoms with E-state index < -0.39 is 42.1 Å². The van der Waals surface area contributed by atoms with Gasteiger partial charge in [0.2, 0.25) is 0 Å². The maximum Gasteiger partial charge on any atom is 0.411 e. The number of carbonyl (C=O) groups excluding carboxylic acids is 2. The van der Waals surface area contributed by atoms with Gasteiger partial charge in [0.05, 0.1) is 19.6 Å². The molecule has 0 fully saturated rings. The molecule has 2 aromatic rings. The van der Waals surface area contributed by atoms with Crippen LogP contribution < -0.4 is 0 Å². The van der Waals surface area contributed by atoms with Crippen LogP contribution in [0, 0.1) is 0 Å². The van der Waals surface area contributed by atoms with Crippen LogP contribution in [0.15, 0.2) is 48.5 Å². The number of methoxy groups -OCH3 is 1. The SMILES string of the molecule is COC(=O)N(C(CC(=O)OC(C)(C)C)C(=O)O)C1c2ccccc2-c2ccccc21. The number of hydrogen-bond donors (Lipinski definition) is 1. The molecule has 1 aliphatic rings. The third kappa shape index (κ3) is 4.15. The molecule has 2 aromatic carbocycles. The van der Waals surface area contributed by atoms with Gasteiger partial charge in [-0.15, -0.1) is 0 Å². The lowest BCUT2D eigenvalue weighted by atomic mass is 10.0. The first-order chi connectivity index (χ1) is 14.1. The van der Waals surface area contributed by atoms with E-state index >= 15 is 0 Å². The standard InChI is InChI=1S/C23H25NO6/c1-23(2,3)30-19(25)13-18(21(26)27)24(22(28)29-4)20-16-11-7-5-9-14(16)15-10-6-8-12-17(15)20/h5-12,18,20H,13H2,1-4H3,(H,26,27). The van der Waals surface area contributed by atoms with Gasteiger partial charge >= 0.3 is 18.0 Å². The number of amides is 1. The van der Waals surface area contributed by atoms with Gasteiger partial charge < -0.3 is 14.6 Å². The van der Waals surface area contributed by atoms with Crippen molar-refractivity contribution in [2.24, 2.45) is 0 Å². The Labute approximate surface area is 175 Å². The molecule has 7 heteroatoms. The van der Waals surface area contributed by atoms with E-state index in [1.165, 1.54) is 7.11 Å². The van der Waals surface area contributed by atoms with Gasteiger partial charge in [0, 0.05) is 0 Å². The highest BCUT2D eigenvalue weighted by Crippen LogP contribution is 2.47. The van der Waals surface area contributed by atoms with Crippen LogP contribution in [0.25, 0.3) is 11.1 Å². The van der Waals surface area contributed by atoms with E-state index in [9.17, 15) is 19.5 Å². The highest BCUT2D eigenvalue weighted by Gasteiger charge is 2.43. The lowest BCUT2D eigenvalue weighted by molar-refractivity contribution is -0.160. The topological polar surface area (TPSA) is 93.1 Å². The van der Waals surface area contributed by atoms with Gasteiger partial charge in [0.25, 0.3) is 0 Å². The Morgan fingerprint density at radius 2 is 1.50 bits per heavy atom. The fourth-order valence-electron chi connectivity index (χ4n) is 3.79. The monoisotopic (exact) mass is 411 g/mol. The van der Waals surface area contributed by atoms with Gasteiger partial charge in [-0.25, -0.2) is 9.59 Å². The second kappa shape index (κ2) is 8.18. The van der Waals surface area contributed by atoms with Crippen LogP contribution in [0.3, 0.4) is 0 Å². The molecular weight excluding hydrogens is 386 g/mol. The number of benzene rings is 2. The van der Waals surface area contributed by atoms with Gasteiger partial charge in [-0.2, -0.15) is 0 Å². The molecule has 1 unspecified atom stereocenters. The molecule has 0 spiro atoms. The summed E-state index contributed by atoms with van der Waals surface area (Å²) in [4.78, 5) is 38.6. The van der Waals surface area contributed by atoms with Gasteiger partial charge in [-0.1, -0.05) is 48.5 Å². The summed E-state index contributed by atoms with van der Waals surface area (Å²) < 4.78 is 10.2.